The highest BCUT2D eigenvalue weighted by Gasteiger charge is 2.24. The van der Waals surface area contributed by atoms with Crippen LogP contribution in [0.4, 0.5) is 5.69 Å². The molecule has 0 fully saturated rings. The van der Waals surface area contributed by atoms with E-state index in [0.717, 1.165) is 5.56 Å². The van der Waals surface area contributed by atoms with Crippen LogP contribution in [0, 0.1) is 0 Å². The molecule has 0 bridgehead atoms. The number of rotatable bonds is 6. The topological polar surface area (TPSA) is 55.4 Å². The molecule has 0 aliphatic rings. The Morgan fingerprint density at radius 2 is 1.34 bits per heavy atom. The first-order valence-electron chi connectivity index (χ1n) is 9.98. The summed E-state index contributed by atoms with van der Waals surface area (Å²) in [6.07, 6.45) is 0. The second kappa shape index (κ2) is 8.67. The molecular weight excluding hydrogens is 394 g/mol. The third kappa shape index (κ3) is 5.90. The van der Waals surface area contributed by atoms with Crippen molar-refractivity contribution in [2.75, 3.05) is 12.4 Å². The van der Waals surface area contributed by atoms with Gasteiger partial charge < -0.3 is 10.1 Å². The third-order valence-corrected chi connectivity index (χ3v) is 9.19. The van der Waals surface area contributed by atoms with Crippen LogP contribution >= 0.6 is 0 Å². The van der Waals surface area contributed by atoms with Crippen LogP contribution in [0.1, 0.15) is 28.8 Å². The summed E-state index contributed by atoms with van der Waals surface area (Å²) in [6, 6.07) is 13.8. The summed E-state index contributed by atoms with van der Waals surface area (Å²) in [5.74, 6) is -0.709. The van der Waals surface area contributed by atoms with E-state index in [-0.39, 0.29) is 17.8 Å². The van der Waals surface area contributed by atoms with Gasteiger partial charge in [0, 0.05) is 11.3 Å². The van der Waals surface area contributed by atoms with Crippen LogP contribution < -0.4 is 15.7 Å². The smallest absolute Gasteiger partial charge is 0.312 e. The third-order valence-electron chi connectivity index (χ3n) is 5.15. The van der Waals surface area contributed by atoms with E-state index >= 15 is 0 Å². The number of methoxy groups -OCH3 is 1. The van der Waals surface area contributed by atoms with Gasteiger partial charge in [0.2, 0.25) is 0 Å². The van der Waals surface area contributed by atoms with Crippen LogP contribution in [-0.4, -0.2) is 35.1 Å². The van der Waals surface area contributed by atoms with Crippen molar-refractivity contribution in [2.45, 2.75) is 52.1 Å². The van der Waals surface area contributed by atoms with Crippen molar-refractivity contribution in [3.8, 4) is 0 Å². The van der Waals surface area contributed by atoms with Gasteiger partial charge in [0.05, 0.1) is 29.2 Å². The lowest BCUT2D eigenvalue weighted by Crippen LogP contribution is -2.46. The average molecular weight is 428 g/mol. The highest BCUT2D eigenvalue weighted by Crippen LogP contribution is 2.20. The van der Waals surface area contributed by atoms with E-state index in [1.807, 2.05) is 24.3 Å². The van der Waals surface area contributed by atoms with Gasteiger partial charge in [-0.25, -0.2) is 0 Å². The van der Waals surface area contributed by atoms with E-state index in [9.17, 15) is 9.59 Å². The van der Waals surface area contributed by atoms with Gasteiger partial charge in [0.25, 0.3) is 5.91 Å². The molecule has 0 saturated carbocycles. The van der Waals surface area contributed by atoms with E-state index in [2.05, 4.69) is 62.8 Å². The van der Waals surface area contributed by atoms with Crippen molar-refractivity contribution in [1.82, 2.24) is 0 Å². The van der Waals surface area contributed by atoms with E-state index in [4.69, 9.17) is 4.74 Å². The van der Waals surface area contributed by atoms with Crippen molar-refractivity contribution in [3.63, 3.8) is 0 Å². The minimum absolute atomic E-state index is 0.0987. The van der Waals surface area contributed by atoms with Gasteiger partial charge in [-0.1, -0.05) is 80.0 Å². The predicted octanol–water partition coefficient (Wildman–Crippen LogP) is 4.31. The molecule has 0 aliphatic carbocycles. The van der Waals surface area contributed by atoms with Gasteiger partial charge in [0.1, 0.15) is 0 Å². The zero-order valence-electron chi connectivity index (χ0n) is 18.8. The van der Waals surface area contributed by atoms with Gasteiger partial charge in [0.15, 0.2) is 0 Å². The van der Waals surface area contributed by atoms with E-state index in [1.165, 1.54) is 17.5 Å². The number of carbonyl (C=O) groups is 2. The maximum atomic E-state index is 13.0. The number of esters is 1. The van der Waals surface area contributed by atoms with Crippen LogP contribution in [0.15, 0.2) is 42.5 Å². The van der Waals surface area contributed by atoms with Crippen LogP contribution in [0.2, 0.25) is 39.3 Å². The largest absolute Gasteiger partial charge is 0.469 e. The van der Waals surface area contributed by atoms with Gasteiger partial charge in [-0.3, -0.25) is 9.59 Å². The number of hydrogen-bond donors (Lipinski definition) is 1. The van der Waals surface area contributed by atoms with E-state index < -0.39 is 16.1 Å². The lowest BCUT2D eigenvalue weighted by Gasteiger charge is -2.24. The molecule has 2 aromatic carbocycles. The van der Waals surface area contributed by atoms with Crippen molar-refractivity contribution in [3.05, 3.63) is 53.6 Å². The Morgan fingerprint density at radius 3 is 1.76 bits per heavy atom. The zero-order valence-corrected chi connectivity index (χ0v) is 20.8. The number of anilines is 1. The van der Waals surface area contributed by atoms with Gasteiger partial charge in [-0.2, -0.15) is 0 Å². The fourth-order valence-electron chi connectivity index (χ4n) is 3.00. The fraction of sp³-hybridized carbons (Fsp3) is 0.391. The molecule has 2 aromatic rings. The Bertz CT molecular complexity index is 862. The van der Waals surface area contributed by atoms with Crippen molar-refractivity contribution in [1.29, 1.82) is 0 Å². The molecule has 0 saturated heterocycles. The summed E-state index contributed by atoms with van der Waals surface area (Å²) in [7, 11) is -1.71. The summed E-state index contributed by atoms with van der Waals surface area (Å²) in [4.78, 5) is 24.7. The molecule has 0 spiro atoms. The molecule has 156 valence electrons. The van der Waals surface area contributed by atoms with Crippen LogP contribution in [0.25, 0.3) is 0 Å². The summed E-state index contributed by atoms with van der Waals surface area (Å²) in [6.45, 7) is 15.6. The summed E-state index contributed by atoms with van der Waals surface area (Å²) >= 11 is 0. The number of benzene rings is 2. The minimum atomic E-state index is -1.55. The lowest BCUT2D eigenvalue weighted by molar-refractivity contribution is -0.141. The van der Waals surface area contributed by atoms with E-state index in [1.54, 1.807) is 6.92 Å². The standard InChI is InChI=1S/C23H33NO3Si2/c1-16(23(26)27-2)17-9-11-19(12-10-17)24-22(25)18-13-20(28(3,4)5)15-21(14-18)29(6,7)8/h9-16H,1-8H3,(H,24,25). The molecule has 6 heteroatoms. The monoisotopic (exact) mass is 427 g/mol. The first kappa shape index (κ1) is 23.1. The molecule has 1 unspecified atom stereocenters. The maximum Gasteiger partial charge on any atom is 0.312 e. The number of nitrogens with one attached hydrogen (secondary N) is 1. The number of amides is 1. The fourth-order valence-corrected chi connectivity index (χ4v) is 5.49. The molecule has 0 radical (unpaired) electrons. The number of carbonyl (C=O) groups excluding carboxylic acids is 2. The molecule has 0 heterocycles. The van der Waals surface area contributed by atoms with Gasteiger partial charge in [-0.05, 0) is 24.6 Å². The molecule has 2 rings (SSSR count). The first-order chi connectivity index (χ1) is 13.3. The van der Waals surface area contributed by atoms with Crippen molar-refractivity contribution >= 4 is 44.1 Å². The molecule has 29 heavy (non-hydrogen) atoms. The first-order valence-corrected chi connectivity index (χ1v) is 17.0. The SMILES string of the molecule is COC(=O)C(C)c1ccc(NC(=O)c2cc([Si](C)(C)C)cc([Si](C)(C)C)c2)cc1. The van der Waals surface area contributed by atoms with Crippen LogP contribution in [0.5, 0.6) is 0 Å². The Hall–Kier alpha value is -2.19. The second-order valence-electron chi connectivity index (χ2n) is 9.62. The van der Waals surface area contributed by atoms with Crippen LogP contribution in [0.3, 0.4) is 0 Å². The summed E-state index contributed by atoms with van der Waals surface area (Å²) in [5.41, 5.74) is 2.29. The maximum absolute atomic E-state index is 13.0. The summed E-state index contributed by atoms with van der Waals surface area (Å²) in [5, 5.41) is 5.62. The Kier molecular flexibility index (Phi) is 6.91. The molecular formula is C23H33NO3Si2. The predicted molar refractivity (Wildman–Crippen MR) is 127 cm³/mol. The van der Waals surface area contributed by atoms with E-state index in [0.29, 0.717) is 11.3 Å². The highest BCUT2D eigenvalue weighted by molar-refractivity contribution is 6.91. The Morgan fingerprint density at radius 1 is 0.862 bits per heavy atom. The quantitative estimate of drug-likeness (QED) is 0.552. The Balaban J connectivity index is 2.29. The highest BCUT2D eigenvalue weighted by atomic mass is 28.3. The second-order valence-corrected chi connectivity index (χ2v) is 19.8. The lowest BCUT2D eigenvalue weighted by atomic mass is 10.0. The average Bonchev–Trinajstić information content (AvgIpc) is 2.65. The number of ether oxygens (including phenoxy) is 1. The molecule has 4 nitrogen and oxygen atoms in total. The molecule has 1 amide bonds. The van der Waals surface area contributed by atoms with Crippen molar-refractivity contribution < 1.29 is 14.3 Å². The minimum Gasteiger partial charge on any atom is -0.469 e. The van der Waals surface area contributed by atoms with Gasteiger partial charge >= 0.3 is 5.97 Å². The van der Waals surface area contributed by atoms with Crippen molar-refractivity contribution in [2.24, 2.45) is 0 Å². The number of hydrogen-bond acceptors (Lipinski definition) is 3. The van der Waals surface area contributed by atoms with Gasteiger partial charge in [-0.15, -0.1) is 0 Å². The normalized spacial score (nSPS) is 13.0. The summed E-state index contributed by atoms with van der Waals surface area (Å²) < 4.78 is 4.79. The zero-order chi connectivity index (χ0) is 22.0. The Labute approximate surface area is 176 Å². The van der Waals surface area contributed by atoms with Crippen LogP contribution in [-0.2, 0) is 9.53 Å². The molecule has 0 aromatic heterocycles. The molecule has 1 N–H and O–H groups in total. The molecule has 0 aliphatic heterocycles. The molecule has 1 atom stereocenters.